The first-order valence-electron chi connectivity index (χ1n) is 6.35. The molecule has 19 heavy (non-hydrogen) atoms. The first kappa shape index (κ1) is 13.7. The van der Waals surface area contributed by atoms with E-state index in [4.69, 9.17) is 4.42 Å². The molecule has 0 aliphatic rings. The van der Waals surface area contributed by atoms with E-state index < -0.39 is 0 Å². The number of amides is 1. The zero-order chi connectivity index (χ0) is 13.7. The maximum absolute atomic E-state index is 12.1. The van der Waals surface area contributed by atoms with Crippen LogP contribution in [0.4, 0.5) is 0 Å². The van der Waals surface area contributed by atoms with Gasteiger partial charge in [0.15, 0.2) is 0 Å². The zero-order valence-corrected chi connectivity index (χ0v) is 11.9. The van der Waals surface area contributed by atoms with Crippen LogP contribution >= 0.6 is 11.5 Å². The molecule has 0 aliphatic carbocycles. The molecule has 0 aliphatic heterocycles. The molecular formula is C13H17N3O2S. The Labute approximate surface area is 116 Å². The van der Waals surface area contributed by atoms with E-state index in [1.807, 2.05) is 19.1 Å². The van der Waals surface area contributed by atoms with Crippen molar-refractivity contribution in [1.82, 2.24) is 14.9 Å². The average molecular weight is 279 g/mol. The summed E-state index contributed by atoms with van der Waals surface area (Å²) in [4.78, 5) is 12.7. The topological polar surface area (TPSA) is 68.0 Å². The number of carbonyl (C=O) groups excluding carboxylic acids is 1. The lowest BCUT2D eigenvalue weighted by Crippen LogP contribution is -2.34. The number of hydrogen-bond acceptors (Lipinski definition) is 5. The van der Waals surface area contributed by atoms with E-state index in [-0.39, 0.29) is 11.9 Å². The van der Waals surface area contributed by atoms with E-state index in [9.17, 15) is 4.79 Å². The predicted molar refractivity (Wildman–Crippen MR) is 73.2 cm³/mol. The Morgan fingerprint density at radius 2 is 2.42 bits per heavy atom. The number of nitrogens with zero attached hydrogens (tertiary/aromatic N) is 2. The lowest BCUT2D eigenvalue weighted by Gasteiger charge is -2.11. The second kappa shape index (κ2) is 6.47. The van der Waals surface area contributed by atoms with Gasteiger partial charge in [-0.15, -0.1) is 5.10 Å². The van der Waals surface area contributed by atoms with Gasteiger partial charge in [-0.25, -0.2) is 0 Å². The van der Waals surface area contributed by atoms with E-state index in [0.29, 0.717) is 11.3 Å². The number of hydrogen-bond donors (Lipinski definition) is 1. The van der Waals surface area contributed by atoms with Crippen LogP contribution in [0.2, 0.25) is 0 Å². The molecule has 6 heteroatoms. The molecule has 1 atom stereocenters. The van der Waals surface area contributed by atoms with E-state index in [0.717, 1.165) is 35.8 Å². The van der Waals surface area contributed by atoms with E-state index in [1.165, 1.54) is 0 Å². The minimum Gasteiger partial charge on any atom is -0.469 e. The average Bonchev–Trinajstić information content (AvgIpc) is 3.00. The van der Waals surface area contributed by atoms with Gasteiger partial charge in [-0.05, 0) is 37.0 Å². The van der Waals surface area contributed by atoms with Crippen LogP contribution in [-0.4, -0.2) is 21.5 Å². The summed E-state index contributed by atoms with van der Waals surface area (Å²) in [7, 11) is 0. The second-order valence-electron chi connectivity index (χ2n) is 4.46. The third-order valence-electron chi connectivity index (χ3n) is 2.71. The molecule has 0 radical (unpaired) electrons. The monoisotopic (exact) mass is 279 g/mol. The van der Waals surface area contributed by atoms with Crippen LogP contribution in [0.5, 0.6) is 0 Å². The molecular weight excluding hydrogens is 262 g/mol. The summed E-state index contributed by atoms with van der Waals surface area (Å²) in [5.41, 5.74) is 0.787. The standard InChI is InChI=1S/C13H17N3O2S/c1-3-5-11-12(19-16-15-11)13(17)14-9(2)8-10-6-4-7-18-10/h4,6-7,9H,3,5,8H2,1-2H3,(H,14,17). The smallest absolute Gasteiger partial charge is 0.265 e. The highest BCUT2D eigenvalue weighted by molar-refractivity contribution is 7.08. The molecule has 0 saturated heterocycles. The first-order valence-corrected chi connectivity index (χ1v) is 7.12. The molecule has 2 rings (SSSR count). The summed E-state index contributed by atoms with van der Waals surface area (Å²) in [5.74, 6) is 0.765. The zero-order valence-electron chi connectivity index (χ0n) is 11.0. The third-order valence-corrected chi connectivity index (χ3v) is 3.48. The van der Waals surface area contributed by atoms with Crippen LogP contribution < -0.4 is 5.32 Å². The van der Waals surface area contributed by atoms with Crippen molar-refractivity contribution in [2.75, 3.05) is 0 Å². The van der Waals surface area contributed by atoms with Crippen LogP contribution in [0, 0.1) is 0 Å². The highest BCUT2D eigenvalue weighted by Crippen LogP contribution is 2.13. The Kier molecular flexibility index (Phi) is 4.68. The summed E-state index contributed by atoms with van der Waals surface area (Å²) < 4.78 is 9.12. The number of carbonyl (C=O) groups is 1. The van der Waals surface area contributed by atoms with Crippen molar-refractivity contribution < 1.29 is 9.21 Å². The van der Waals surface area contributed by atoms with E-state index >= 15 is 0 Å². The minimum absolute atomic E-state index is 0.00947. The van der Waals surface area contributed by atoms with Gasteiger partial charge in [0.2, 0.25) is 0 Å². The Hall–Kier alpha value is -1.69. The van der Waals surface area contributed by atoms with Crippen LogP contribution in [-0.2, 0) is 12.8 Å². The molecule has 0 aromatic carbocycles. The molecule has 0 fully saturated rings. The van der Waals surface area contributed by atoms with Crippen molar-refractivity contribution in [3.05, 3.63) is 34.7 Å². The number of furan rings is 1. The lowest BCUT2D eigenvalue weighted by atomic mass is 10.2. The molecule has 1 amide bonds. The van der Waals surface area contributed by atoms with Crippen LogP contribution in [0.15, 0.2) is 22.8 Å². The Morgan fingerprint density at radius 1 is 1.58 bits per heavy atom. The number of nitrogens with one attached hydrogen (secondary N) is 1. The largest absolute Gasteiger partial charge is 0.469 e. The van der Waals surface area contributed by atoms with Gasteiger partial charge in [0.05, 0.1) is 12.0 Å². The van der Waals surface area contributed by atoms with Crippen LogP contribution in [0.1, 0.15) is 41.4 Å². The van der Waals surface area contributed by atoms with Gasteiger partial charge in [0, 0.05) is 12.5 Å². The van der Waals surface area contributed by atoms with Crippen LogP contribution in [0.3, 0.4) is 0 Å². The van der Waals surface area contributed by atoms with Crippen LogP contribution in [0.25, 0.3) is 0 Å². The molecule has 1 N–H and O–H groups in total. The maximum atomic E-state index is 12.1. The Bertz CT molecular complexity index is 522. The lowest BCUT2D eigenvalue weighted by molar-refractivity contribution is 0.0942. The molecule has 1 unspecified atom stereocenters. The second-order valence-corrected chi connectivity index (χ2v) is 5.21. The van der Waals surface area contributed by atoms with Gasteiger partial charge in [-0.2, -0.15) is 0 Å². The molecule has 5 nitrogen and oxygen atoms in total. The molecule has 102 valence electrons. The highest BCUT2D eigenvalue weighted by atomic mass is 32.1. The highest BCUT2D eigenvalue weighted by Gasteiger charge is 2.17. The van der Waals surface area contributed by atoms with Crippen molar-refractivity contribution in [2.45, 2.75) is 39.2 Å². The van der Waals surface area contributed by atoms with Crippen molar-refractivity contribution in [3.63, 3.8) is 0 Å². The fourth-order valence-corrected chi connectivity index (χ4v) is 2.46. The number of aryl methyl sites for hydroxylation is 1. The fourth-order valence-electron chi connectivity index (χ4n) is 1.85. The first-order chi connectivity index (χ1) is 9.20. The Morgan fingerprint density at radius 3 is 3.11 bits per heavy atom. The quantitative estimate of drug-likeness (QED) is 0.882. The number of aromatic nitrogens is 2. The molecule has 0 spiro atoms. The molecule has 2 aromatic rings. The Balaban J connectivity index is 1.94. The van der Waals surface area contributed by atoms with Crippen molar-refractivity contribution in [2.24, 2.45) is 0 Å². The van der Waals surface area contributed by atoms with E-state index in [1.54, 1.807) is 6.26 Å². The molecule has 2 aromatic heterocycles. The van der Waals surface area contributed by atoms with Crippen molar-refractivity contribution >= 4 is 17.4 Å². The van der Waals surface area contributed by atoms with Crippen molar-refractivity contribution in [1.29, 1.82) is 0 Å². The van der Waals surface area contributed by atoms with E-state index in [2.05, 4.69) is 21.8 Å². The number of rotatable bonds is 6. The summed E-state index contributed by atoms with van der Waals surface area (Å²) in [5, 5.41) is 6.95. The van der Waals surface area contributed by atoms with Gasteiger partial charge in [0.1, 0.15) is 10.6 Å². The molecule has 2 heterocycles. The van der Waals surface area contributed by atoms with Gasteiger partial charge >= 0.3 is 0 Å². The van der Waals surface area contributed by atoms with Gasteiger partial charge in [-0.3, -0.25) is 4.79 Å². The van der Waals surface area contributed by atoms with Crippen molar-refractivity contribution in [3.8, 4) is 0 Å². The molecule has 0 bridgehead atoms. The van der Waals surface area contributed by atoms with Gasteiger partial charge < -0.3 is 9.73 Å². The maximum Gasteiger partial charge on any atom is 0.265 e. The predicted octanol–water partition coefficient (Wildman–Crippen LogP) is 2.44. The van der Waals surface area contributed by atoms with Gasteiger partial charge in [0.25, 0.3) is 5.91 Å². The normalized spacial score (nSPS) is 12.3. The summed E-state index contributed by atoms with van der Waals surface area (Å²) in [6.07, 6.45) is 4.05. The third kappa shape index (κ3) is 3.64. The summed E-state index contributed by atoms with van der Waals surface area (Å²) in [6, 6.07) is 3.76. The summed E-state index contributed by atoms with van der Waals surface area (Å²) >= 11 is 1.15. The minimum atomic E-state index is -0.0995. The van der Waals surface area contributed by atoms with Gasteiger partial charge in [-0.1, -0.05) is 17.8 Å². The fraction of sp³-hybridized carbons (Fsp3) is 0.462. The SMILES string of the molecule is CCCc1nnsc1C(=O)NC(C)Cc1ccco1. The molecule has 0 saturated carbocycles. The summed E-state index contributed by atoms with van der Waals surface area (Å²) in [6.45, 7) is 4.01.